The van der Waals surface area contributed by atoms with E-state index in [2.05, 4.69) is 21.0 Å². The first-order valence-electron chi connectivity index (χ1n) is 4.56. The van der Waals surface area contributed by atoms with E-state index < -0.39 is 0 Å². The van der Waals surface area contributed by atoms with Gasteiger partial charge in [0.2, 0.25) is 0 Å². The zero-order valence-electron chi connectivity index (χ0n) is 8.46. The Morgan fingerprint density at radius 3 is 2.53 bits per heavy atom. The summed E-state index contributed by atoms with van der Waals surface area (Å²) in [6.07, 6.45) is 0. The number of aromatic nitrogens is 2. The average molecular weight is 286 g/mol. The summed E-state index contributed by atoms with van der Waals surface area (Å²) in [5, 5.41) is 5.08. The summed E-state index contributed by atoms with van der Waals surface area (Å²) in [6.45, 7) is 3.98. The molecule has 0 aliphatic carbocycles. The minimum atomic E-state index is 0.690. The first kappa shape index (κ1) is 10.7. The van der Waals surface area contributed by atoms with Crippen molar-refractivity contribution in [3.05, 3.63) is 45.1 Å². The summed E-state index contributed by atoms with van der Waals surface area (Å²) in [5.41, 5.74) is 2.98. The summed E-state index contributed by atoms with van der Waals surface area (Å²) >= 11 is 9.53. The largest absolute Gasteiger partial charge is 0.236 e. The van der Waals surface area contributed by atoms with Gasteiger partial charge in [-0.2, -0.15) is 5.10 Å². The van der Waals surface area contributed by atoms with Gasteiger partial charge in [0.05, 0.1) is 16.4 Å². The van der Waals surface area contributed by atoms with E-state index in [1.54, 1.807) is 0 Å². The second-order valence-corrected chi connectivity index (χ2v) is 4.76. The first-order valence-corrected chi connectivity index (χ1v) is 5.74. The Labute approximate surface area is 102 Å². The van der Waals surface area contributed by atoms with Gasteiger partial charge in [0.15, 0.2) is 0 Å². The van der Waals surface area contributed by atoms with E-state index >= 15 is 0 Å². The highest BCUT2D eigenvalue weighted by Gasteiger charge is 2.07. The van der Waals surface area contributed by atoms with Crippen molar-refractivity contribution in [2.45, 2.75) is 13.8 Å². The molecule has 0 unspecified atom stereocenters. The highest BCUT2D eigenvalue weighted by atomic mass is 79.9. The maximum Gasteiger partial charge on any atom is 0.0835 e. The van der Waals surface area contributed by atoms with Crippen molar-refractivity contribution in [1.82, 2.24) is 9.78 Å². The van der Waals surface area contributed by atoms with Crippen molar-refractivity contribution < 1.29 is 0 Å². The summed E-state index contributed by atoms with van der Waals surface area (Å²) in [5.74, 6) is 0. The van der Waals surface area contributed by atoms with Crippen LogP contribution in [0.15, 0.2) is 28.7 Å². The maximum absolute atomic E-state index is 6.15. The highest BCUT2D eigenvalue weighted by Crippen LogP contribution is 2.25. The Morgan fingerprint density at radius 1 is 1.27 bits per heavy atom. The number of hydrogen-bond acceptors (Lipinski definition) is 1. The third kappa shape index (κ3) is 2.08. The smallest absolute Gasteiger partial charge is 0.0835 e. The number of hydrogen-bond donors (Lipinski definition) is 0. The minimum absolute atomic E-state index is 0.690. The minimum Gasteiger partial charge on any atom is -0.236 e. The molecule has 2 aromatic rings. The molecule has 0 aliphatic rings. The molecule has 2 rings (SSSR count). The first-order chi connectivity index (χ1) is 7.08. The molecule has 1 heterocycles. The second kappa shape index (κ2) is 3.99. The molecule has 15 heavy (non-hydrogen) atoms. The molecular formula is C11H10BrClN2. The van der Waals surface area contributed by atoms with Crippen LogP contribution in [-0.2, 0) is 0 Å². The molecule has 0 atom stereocenters. The number of halogens is 2. The van der Waals surface area contributed by atoms with Crippen LogP contribution in [0.2, 0.25) is 5.02 Å². The van der Waals surface area contributed by atoms with Gasteiger partial charge in [0.25, 0.3) is 0 Å². The molecule has 1 aromatic heterocycles. The second-order valence-electron chi connectivity index (χ2n) is 3.43. The lowest BCUT2D eigenvalue weighted by atomic mass is 10.3. The molecule has 0 saturated heterocycles. The van der Waals surface area contributed by atoms with Gasteiger partial charge in [0, 0.05) is 10.2 Å². The molecule has 0 aliphatic heterocycles. The summed E-state index contributed by atoms with van der Waals surface area (Å²) < 4.78 is 2.82. The van der Waals surface area contributed by atoms with E-state index in [0.717, 1.165) is 21.5 Å². The van der Waals surface area contributed by atoms with Gasteiger partial charge in [0.1, 0.15) is 0 Å². The Balaban J connectivity index is 2.59. The van der Waals surface area contributed by atoms with Crippen LogP contribution in [0.4, 0.5) is 0 Å². The molecule has 0 N–H and O–H groups in total. The summed E-state index contributed by atoms with van der Waals surface area (Å²) in [6, 6.07) is 7.80. The molecule has 0 saturated carbocycles. The predicted molar refractivity (Wildman–Crippen MR) is 65.7 cm³/mol. The summed E-state index contributed by atoms with van der Waals surface area (Å²) in [4.78, 5) is 0. The van der Waals surface area contributed by atoms with Gasteiger partial charge in [-0.1, -0.05) is 27.5 Å². The van der Waals surface area contributed by atoms with E-state index in [-0.39, 0.29) is 0 Å². The van der Waals surface area contributed by atoms with Gasteiger partial charge in [-0.05, 0) is 38.1 Å². The number of rotatable bonds is 1. The molecule has 0 radical (unpaired) electrons. The molecule has 2 nitrogen and oxygen atoms in total. The number of nitrogens with zero attached hydrogens (tertiary/aromatic N) is 2. The normalized spacial score (nSPS) is 10.7. The molecule has 0 amide bonds. The van der Waals surface area contributed by atoms with E-state index in [4.69, 9.17) is 11.6 Å². The summed E-state index contributed by atoms with van der Waals surface area (Å²) in [7, 11) is 0. The fourth-order valence-corrected chi connectivity index (χ4v) is 2.28. The lowest BCUT2D eigenvalue weighted by Gasteiger charge is -2.06. The monoisotopic (exact) mass is 284 g/mol. The van der Waals surface area contributed by atoms with Gasteiger partial charge in [-0.15, -0.1) is 0 Å². The fourth-order valence-electron chi connectivity index (χ4n) is 1.53. The van der Waals surface area contributed by atoms with E-state index in [1.807, 2.05) is 42.8 Å². The van der Waals surface area contributed by atoms with Crippen molar-refractivity contribution in [3.63, 3.8) is 0 Å². The number of benzene rings is 1. The van der Waals surface area contributed by atoms with Crippen LogP contribution in [0.3, 0.4) is 0 Å². The van der Waals surface area contributed by atoms with Crippen molar-refractivity contribution in [2.75, 3.05) is 0 Å². The Morgan fingerprint density at radius 2 is 2.00 bits per heavy atom. The van der Waals surface area contributed by atoms with Gasteiger partial charge in [-0.25, -0.2) is 4.68 Å². The molecular weight excluding hydrogens is 275 g/mol. The SMILES string of the molecule is Cc1cc(C)n(-c2ccc(Br)cc2Cl)n1. The Hall–Kier alpha value is -0.800. The van der Waals surface area contributed by atoms with Crippen LogP contribution in [-0.4, -0.2) is 9.78 Å². The van der Waals surface area contributed by atoms with Crippen LogP contribution in [0.1, 0.15) is 11.4 Å². The lowest BCUT2D eigenvalue weighted by molar-refractivity contribution is 0.833. The van der Waals surface area contributed by atoms with Crippen LogP contribution in [0.25, 0.3) is 5.69 Å². The number of aryl methyl sites for hydroxylation is 2. The van der Waals surface area contributed by atoms with E-state index in [0.29, 0.717) is 5.02 Å². The molecule has 4 heteroatoms. The third-order valence-electron chi connectivity index (χ3n) is 2.15. The molecule has 78 valence electrons. The van der Waals surface area contributed by atoms with Crippen molar-refractivity contribution >= 4 is 27.5 Å². The lowest BCUT2D eigenvalue weighted by Crippen LogP contribution is -1.99. The van der Waals surface area contributed by atoms with Crippen LogP contribution >= 0.6 is 27.5 Å². The molecule has 1 aromatic carbocycles. The zero-order chi connectivity index (χ0) is 11.0. The average Bonchev–Trinajstić information content (AvgIpc) is 2.45. The van der Waals surface area contributed by atoms with Crippen LogP contribution < -0.4 is 0 Å². The van der Waals surface area contributed by atoms with Crippen molar-refractivity contribution in [1.29, 1.82) is 0 Å². The zero-order valence-corrected chi connectivity index (χ0v) is 10.8. The van der Waals surface area contributed by atoms with Crippen LogP contribution in [0.5, 0.6) is 0 Å². The predicted octanol–water partition coefficient (Wildman–Crippen LogP) is 3.91. The van der Waals surface area contributed by atoms with Gasteiger partial charge in [-0.3, -0.25) is 0 Å². The molecule has 0 spiro atoms. The Bertz CT molecular complexity index is 505. The maximum atomic E-state index is 6.15. The standard InChI is InChI=1S/C11H10BrClN2/c1-7-5-8(2)15(14-7)11-4-3-9(12)6-10(11)13/h3-6H,1-2H3. The highest BCUT2D eigenvalue weighted by molar-refractivity contribution is 9.10. The topological polar surface area (TPSA) is 17.8 Å². The fraction of sp³-hybridized carbons (Fsp3) is 0.182. The third-order valence-corrected chi connectivity index (χ3v) is 2.94. The van der Waals surface area contributed by atoms with Crippen LogP contribution in [0, 0.1) is 13.8 Å². The van der Waals surface area contributed by atoms with E-state index in [1.165, 1.54) is 0 Å². The molecule has 0 fully saturated rings. The van der Waals surface area contributed by atoms with Crippen molar-refractivity contribution in [3.8, 4) is 5.69 Å². The van der Waals surface area contributed by atoms with Gasteiger partial charge >= 0.3 is 0 Å². The molecule has 0 bridgehead atoms. The Kier molecular flexibility index (Phi) is 2.85. The quantitative estimate of drug-likeness (QED) is 0.777. The van der Waals surface area contributed by atoms with Gasteiger partial charge < -0.3 is 0 Å². The van der Waals surface area contributed by atoms with E-state index in [9.17, 15) is 0 Å². The van der Waals surface area contributed by atoms with Crippen molar-refractivity contribution in [2.24, 2.45) is 0 Å².